The zero-order valence-electron chi connectivity index (χ0n) is 16.0. The first-order valence-electron chi connectivity index (χ1n) is 10.6. The fraction of sp³-hybridized carbons (Fsp3) is 0.850. The summed E-state index contributed by atoms with van der Waals surface area (Å²) in [6, 6.07) is -0.443. The standard InChI is InChI=1S/C20H31N3O4/c24-18(23-16-6-2-1-5-15(16)13-17(23)19(25)26)14-7-11-22(12-8-14)20(27)21-9-3-4-10-21/h14-17H,1-13H2,(H,25,26). The summed E-state index contributed by atoms with van der Waals surface area (Å²) in [4.78, 5) is 43.1. The first kappa shape index (κ1) is 18.6. The minimum Gasteiger partial charge on any atom is -0.480 e. The SMILES string of the molecule is O=C(O)C1CC2CCCCC2N1C(=O)C1CCN(C(=O)N2CCCC2)CC1. The number of hydrogen-bond donors (Lipinski definition) is 1. The van der Waals surface area contributed by atoms with Crippen LogP contribution in [0, 0.1) is 11.8 Å². The molecule has 0 aromatic heterocycles. The maximum absolute atomic E-state index is 13.3. The molecule has 0 aromatic carbocycles. The van der Waals surface area contributed by atoms with Gasteiger partial charge in [-0.05, 0) is 50.9 Å². The molecule has 1 aliphatic carbocycles. The molecule has 3 atom stereocenters. The number of carboxylic acids is 1. The number of likely N-dealkylation sites (tertiary alicyclic amines) is 3. The van der Waals surface area contributed by atoms with Gasteiger partial charge in [0, 0.05) is 38.1 Å². The van der Waals surface area contributed by atoms with Gasteiger partial charge in [-0.1, -0.05) is 12.8 Å². The van der Waals surface area contributed by atoms with Gasteiger partial charge in [-0.25, -0.2) is 9.59 Å². The number of amides is 3. The number of carbonyl (C=O) groups is 3. The number of carbonyl (C=O) groups excluding carboxylic acids is 2. The molecule has 0 radical (unpaired) electrons. The normalized spacial score (nSPS) is 31.9. The molecule has 7 nitrogen and oxygen atoms in total. The molecule has 4 fully saturated rings. The van der Waals surface area contributed by atoms with Crippen molar-refractivity contribution in [1.29, 1.82) is 0 Å². The molecule has 3 saturated heterocycles. The van der Waals surface area contributed by atoms with Crippen LogP contribution in [-0.2, 0) is 9.59 Å². The van der Waals surface area contributed by atoms with E-state index < -0.39 is 12.0 Å². The number of piperidine rings is 1. The van der Waals surface area contributed by atoms with E-state index in [-0.39, 0.29) is 23.9 Å². The van der Waals surface area contributed by atoms with Crippen molar-refractivity contribution in [3.63, 3.8) is 0 Å². The highest BCUT2D eigenvalue weighted by Gasteiger charge is 2.49. The minimum absolute atomic E-state index is 0.0186. The lowest BCUT2D eigenvalue weighted by Crippen LogP contribution is -2.52. The van der Waals surface area contributed by atoms with Crippen molar-refractivity contribution in [1.82, 2.24) is 14.7 Å². The monoisotopic (exact) mass is 377 g/mol. The Kier molecular flexibility index (Phi) is 5.28. The molecule has 4 aliphatic rings. The van der Waals surface area contributed by atoms with Gasteiger partial charge in [0.25, 0.3) is 0 Å². The molecule has 3 aliphatic heterocycles. The lowest BCUT2D eigenvalue weighted by atomic mass is 9.84. The van der Waals surface area contributed by atoms with E-state index in [0.29, 0.717) is 38.3 Å². The molecule has 3 heterocycles. The number of rotatable bonds is 2. The molecule has 1 N–H and O–H groups in total. The van der Waals surface area contributed by atoms with Gasteiger partial charge in [0.1, 0.15) is 6.04 Å². The quantitative estimate of drug-likeness (QED) is 0.800. The number of hydrogen-bond acceptors (Lipinski definition) is 3. The first-order chi connectivity index (χ1) is 13.1. The fourth-order valence-corrected chi connectivity index (χ4v) is 5.63. The predicted molar refractivity (Wildman–Crippen MR) is 99.1 cm³/mol. The van der Waals surface area contributed by atoms with Crippen molar-refractivity contribution in [2.45, 2.75) is 69.9 Å². The van der Waals surface area contributed by atoms with E-state index in [0.717, 1.165) is 51.6 Å². The Hall–Kier alpha value is -1.79. The van der Waals surface area contributed by atoms with Gasteiger partial charge in [0.05, 0.1) is 0 Å². The Morgan fingerprint density at radius 1 is 0.778 bits per heavy atom. The van der Waals surface area contributed by atoms with Crippen LogP contribution in [0.3, 0.4) is 0 Å². The van der Waals surface area contributed by atoms with E-state index >= 15 is 0 Å². The van der Waals surface area contributed by atoms with E-state index in [1.807, 2.05) is 9.80 Å². The molecule has 4 rings (SSSR count). The van der Waals surface area contributed by atoms with Crippen molar-refractivity contribution in [3.05, 3.63) is 0 Å². The Morgan fingerprint density at radius 3 is 2.07 bits per heavy atom. The van der Waals surface area contributed by atoms with Crippen LogP contribution in [0.5, 0.6) is 0 Å². The third-order valence-corrected chi connectivity index (χ3v) is 7.12. The lowest BCUT2D eigenvalue weighted by molar-refractivity contribution is -0.152. The lowest BCUT2D eigenvalue weighted by Gasteiger charge is -2.38. The Labute approximate surface area is 160 Å². The molecule has 150 valence electrons. The van der Waals surface area contributed by atoms with Gasteiger partial charge < -0.3 is 19.8 Å². The van der Waals surface area contributed by atoms with Gasteiger partial charge in [-0.2, -0.15) is 0 Å². The summed E-state index contributed by atoms with van der Waals surface area (Å²) < 4.78 is 0. The maximum atomic E-state index is 13.3. The summed E-state index contributed by atoms with van der Waals surface area (Å²) in [5.74, 6) is -0.639. The minimum atomic E-state index is -0.862. The number of urea groups is 1. The van der Waals surface area contributed by atoms with Gasteiger partial charge in [0.15, 0.2) is 0 Å². The number of nitrogens with zero attached hydrogens (tertiary/aromatic N) is 3. The van der Waals surface area contributed by atoms with Crippen molar-refractivity contribution in [3.8, 4) is 0 Å². The van der Waals surface area contributed by atoms with E-state index in [9.17, 15) is 19.5 Å². The van der Waals surface area contributed by atoms with E-state index in [4.69, 9.17) is 0 Å². The van der Waals surface area contributed by atoms with Crippen molar-refractivity contribution in [2.75, 3.05) is 26.2 Å². The number of fused-ring (bicyclic) bond motifs is 1. The van der Waals surface area contributed by atoms with Crippen LogP contribution in [-0.4, -0.2) is 76.0 Å². The third-order valence-electron chi connectivity index (χ3n) is 7.12. The second kappa shape index (κ2) is 7.68. The van der Waals surface area contributed by atoms with Crippen LogP contribution in [0.15, 0.2) is 0 Å². The molecular formula is C20H31N3O4. The van der Waals surface area contributed by atoms with Gasteiger partial charge in [0.2, 0.25) is 5.91 Å². The molecule has 0 aromatic rings. The molecule has 3 unspecified atom stereocenters. The Bertz CT molecular complexity index is 596. The summed E-state index contributed by atoms with van der Waals surface area (Å²) in [6.45, 7) is 2.89. The Morgan fingerprint density at radius 2 is 1.41 bits per heavy atom. The highest BCUT2D eigenvalue weighted by atomic mass is 16.4. The van der Waals surface area contributed by atoms with Gasteiger partial charge >= 0.3 is 12.0 Å². The molecule has 0 spiro atoms. The van der Waals surface area contributed by atoms with Crippen LogP contribution < -0.4 is 0 Å². The zero-order chi connectivity index (χ0) is 19.0. The van der Waals surface area contributed by atoms with E-state index in [1.54, 1.807) is 4.90 Å². The van der Waals surface area contributed by atoms with Crippen LogP contribution in [0.25, 0.3) is 0 Å². The topological polar surface area (TPSA) is 81.2 Å². The van der Waals surface area contributed by atoms with Gasteiger partial charge in [-0.15, -0.1) is 0 Å². The van der Waals surface area contributed by atoms with Crippen molar-refractivity contribution < 1.29 is 19.5 Å². The van der Waals surface area contributed by atoms with Crippen LogP contribution in [0.2, 0.25) is 0 Å². The molecule has 7 heteroatoms. The van der Waals surface area contributed by atoms with Gasteiger partial charge in [-0.3, -0.25) is 4.79 Å². The predicted octanol–water partition coefficient (Wildman–Crippen LogP) is 2.16. The highest BCUT2D eigenvalue weighted by molar-refractivity contribution is 5.86. The summed E-state index contributed by atoms with van der Waals surface area (Å²) >= 11 is 0. The zero-order valence-corrected chi connectivity index (χ0v) is 16.0. The van der Waals surface area contributed by atoms with Crippen LogP contribution >= 0.6 is 0 Å². The third kappa shape index (κ3) is 3.52. The average Bonchev–Trinajstić information content (AvgIpc) is 3.35. The summed E-state index contributed by atoms with van der Waals surface area (Å²) in [6.07, 6.45) is 8.28. The van der Waals surface area contributed by atoms with E-state index in [1.165, 1.54) is 0 Å². The van der Waals surface area contributed by atoms with Crippen LogP contribution in [0.1, 0.15) is 57.8 Å². The maximum Gasteiger partial charge on any atom is 0.326 e. The molecule has 3 amide bonds. The van der Waals surface area contributed by atoms with E-state index in [2.05, 4.69) is 0 Å². The summed E-state index contributed by atoms with van der Waals surface area (Å²) in [7, 11) is 0. The first-order valence-corrected chi connectivity index (χ1v) is 10.6. The highest BCUT2D eigenvalue weighted by Crippen LogP contribution is 2.41. The Balaban J connectivity index is 1.39. The molecule has 0 bridgehead atoms. The molecule has 27 heavy (non-hydrogen) atoms. The summed E-state index contributed by atoms with van der Waals surface area (Å²) in [5.41, 5.74) is 0. The average molecular weight is 377 g/mol. The molecular weight excluding hydrogens is 346 g/mol. The largest absolute Gasteiger partial charge is 0.480 e. The number of aliphatic carboxylic acids is 1. The molecule has 1 saturated carbocycles. The van der Waals surface area contributed by atoms with Crippen LogP contribution in [0.4, 0.5) is 4.79 Å². The number of carboxylic acid groups (broad SMARTS) is 1. The second-order valence-electron chi connectivity index (χ2n) is 8.69. The second-order valence-corrected chi connectivity index (χ2v) is 8.69. The smallest absolute Gasteiger partial charge is 0.326 e. The summed E-state index contributed by atoms with van der Waals surface area (Å²) in [5, 5.41) is 9.66. The van der Waals surface area contributed by atoms with Crippen molar-refractivity contribution >= 4 is 17.9 Å². The van der Waals surface area contributed by atoms with Crippen molar-refractivity contribution in [2.24, 2.45) is 11.8 Å². The fourth-order valence-electron chi connectivity index (χ4n) is 5.63.